The lowest BCUT2D eigenvalue weighted by Gasteiger charge is -2.29. The maximum atomic E-state index is 5.45. The summed E-state index contributed by atoms with van der Waals surface area (Å²) in [6.07, 6.45) is 5.44. The van der Waals surface area contributed by atoms with Gasteiger partial charge < -0.3 is 10.1 Å². The molecule has 1 aromatic heterocycles. The molecule has 0 amide bonds. The predicted octanol–water partition coefficient (Wildman–Crippen LogP) is 3.42. The summed E-state index contributed by atoms with van der Waals surface area (Å²) in [5, 5.41) is 3.45. The van der Waals surface area contributed by atoms with E-state index in [1.54, 1.807) is 0 Å². The van der Waals surface area contributed by atoms with Crippen LogP contribution in [0.3, 0.4) is 0 Å². The molecule has 1 heterocycles. The smallest absolute Gasteiger partial charge is 0.218 e. The summed E-state index contributed by atoms with van der Waals surface area (Å²) < 4.78 is 5.45. The summed E-state index contributed by atoms with van der Waals surface area (Å²) in [4.78, 5) is 8.68. The van der Waals surface area contributed by atoms with Gasteiger partial charge in [-0.3, -0.25) is 0 Å². The Bertz CT molecular complexity index is 408. The molecule has 0 aliphatic heterocycles. The third kappa shape index (κ3) is 4.08. The summed E-state index contributed by atoms with van der Waals surface area (Å²) >= 11 is 0. The lowest BCUT2D eigenvalue weighted by atomic mass is 9.80. The van der Waals surface area contributed by atoms with Crippen molar-refractivity contribution in [2.24, 2.45) is 11.8 Å². The second-order valence-corrected chi connectivity index (χ2v) is 5.47. The van der Waals surface area contributed by atoms with Gasteiger partial charge >= 0.3 is 0 Å². The fourth-order valence-electron chi connectivity index (χ4n) is 2.78. The van der Waals surface area contributed by atoms with E-state index in [1.807, 2.05) is 19.9 Å². The number of rotatable bonds is 5. The molecule has 1 aliphatic carbocycles. The van der Waals surface area contributed by atoms with Gasteiger partial charge in [0.05, 0.1) is 6.61 Å². The lowest BCUT2D eigenvalue weighted by molar-refractivity contribution is 0.268. The highest BCUT2D eigenvalue weighted by Crippen LogP contribution is 2.29. The Morgan fingerprint density at radius 2 is 2.11 bits per heavy atom. The van der Waals surface area contributed by atoms with Crippen molar-refractivity contribution in [1.29, 1.82) is 0 Å². The lowest BCUT2D eigenvalue weighted by Crippen LogP contribution is -2.24. The van der Waals surface area contributed by atoms with Gasteiger partial charge in [-0.1, -0.05) is 26.2 Å². The molecule has 0 aromatic carbocycles. The van der Waals surface area contributed by atoms with E-state index in [4.69, 9.17) is 4.74 Å². The highest BCUT2D eigenvalue weighted by molar-refractivity contribution is 5.38. The number of nitrogens with one attached hydrogen (secondary N) is 1. The number of aryl methyl sites for hydroxylation is 1. The second kappa shape index (κ2) is 6.73. The van der Waals surface area contributed by atoms with Gasteiger partial charge in [0.15, 0.2) is 0 Å². The van der Waals surface area contributed by atoms with E-state index in [2.05, 4.69) is 22.2 Å². The standard InChI is InChI=1S/C15H25N3O/c1-4-19-15-9-14(17-12(3)18-15)16-10-13-8-6-5-7-11(13)2/h9,11,13H,4-8,10H2,1-3H3,(H,16,17,18). The van der Waals surface area contributed by atoms with Gasteiger partial charge in [-0.25, -0.2) is 4.98 Å². The molecule has 4 heteroatoms. The zero-order valence-electron chi connectivity index (χ0n) is 12.3. The van der Waals surface area contributed by atoms with E-state index >= 15 is 0 Å². The minimum absolute atomic E-state index is 0.634. The minimum Gasteiger partial charge on any atom is -0.478 e. The van der Waals surface area contributed by atoms with Gasteiger partial charge in [-0.15, -0.1) is 0 Å². The molecule has 0 radical (unpaired) electrons. The van der Waals surface area contributed by atoms with Crippen molar-refractivity contribution < 1.29 is 4.74 Å². The summed E-state index contributed by atoms with van der Waals surface area (Å²) in [6, 6.07) is 1.89. The number of hydrogen-bond donors (Lipinski definition) is 1. The van der Waals surface area contributed by atoms with Gasteiger partial charge in [-0.2, -0.15) is 4.98 Å². The first kappa shape index (κ1) is 14.1. The van der Waals surface area contributed by atoms with Crippen LogP contribution in [0.1, 0.15) is 45.4 Å². The van der Waals surface area contributed by atoms with E-state index in [0.29, 0.717) is 12.5 Å². The quantitative estimate of drug-likeness (QED) is 0.884. The first-order valence-corrected chi connectivity index (χ1v) is 7.41. The zero-order valence-corrected chi connectivity index (χ0v) is 12.3. The molecule has 4 nitrogen and oxygen atoms in total. The third-order valence-corrected chi connectivity index (χ3v) is 3.94. The first-order valence-electron chi connectivity index (χ1n) is 7.41. The molecule has 106 valence electrons. The SMILES string of the molecule is CCOc1cc(NCC2CCCCC2C)nc(C)n1. The molecule has 1 fully saturated rings. The van der Waals surface area contributed by atoms with Crippen LogP contribution >= 0.6 is 0 Å². The van der Waals surface area contributed by atoms with E-state index in [9.17, 15) is 0 Å². The van der Waals surface area contributed by atoms with Crippen molar-refractivity contribution in [2.75, 3.05) is 18.5 Å². The summed E-state index contributed by atoms with van der Waals surface area (Å²) in [5.74, 6) is 3.88. The molecule has 2 unspecified atom stereocenters. The van der Waals surface area contributed by atoms with Gasteiger partial charge in [0, 0.05) is 12.6 Å². The normalized spacial score (nSPS) is 23.1. The molecule has 1 aromatic rings. The van der Waals surface area contributed by atoms with Crippen molar-refractivity contribution in [3.05, 3.63) is 11.9 Å². The molecule has 1 aliphatic rings. The third-order valence-electron chi connectivity index (χ3n) is 3.94. The predicted molar refractivity (Wildman–Crippen MR) is 77.5 cm³/mol. The molecule has 0 spiro atoms. The fourth-order valence-corrected chi connectivity index (χ4v) is 2.78. The molecular formula is C15H25N3O. The Hall–Kier alpha value is -1.32. The van der Waals surface area contributed by atoms with Crippen LogP contribution in [-0.4, -0.2) is 23.1 Å². The van der Waals surface area contributed by atoms with Gasteiger partial charge in [0.2, 0.25) is 5.88 Å². The maximum Gasteiger partial charge on any atom is 0.218 e. The summed E-state index contributed by atoms with van der Waals surface area (Å²) in [5.41, 5.74) is 0. The second-order valence-electron chi connectivity index (χ2n) is 5.47. The van der Waals surface area contributed by atoms with E-state index in [0.717, 1.165) is 30.0 Å². The minimum atomic E-state index is 0.634. The van der Waals surface area contributed by atoms with Crippen molar-refractivity contribution >= 4 is 5.82 Å². The van der Waals surface area contributed by atoms with Gasteiger partial charge in [0.25, 0.3) is 0 Å². The van der Waals surface area contributed by atoms with E-state index in [1.165, 1.54) is 25.7 Å². The van der Waals surface area contributed by atoms with E-state index in [-0.39, 0.29) is 0 Å². The number of hydrogen-bond acceptors (Lipinski definition) is 4. The Morgan fingerprint density at radius 1 is 1.32 bits per heavy atom. The fraction of sp³-hybridized carbons (Fsp3) is 0.733. The van der Waals surface area contributed by atoms with Crippen LogP contribution < -0.4 is 10.1 Å². The highest BCUT2D eigenvalue weighted by Gasteiger charge is 2.21. The number of aromatic nitrogens is 2. The highest BCUT2D eigenvalue weighted by atomic mass is 16.5. The van der Waals surface area contributed by atoms with Crippen LogP contribution in [0.5, 0.6) is 5.88 Å². The molecule has 2 rings (SSSR count). The monoisotopic (exact) mass is 263 g/mol. The molecule has 1 saturated carbocycles. The Morgan fingerprint density at radius 3 is 2.84 bits per heavy atom. The van der Waals surface area contributed by atoms with Crippen LogP contribution in [-0.2, 0) is 0 Å². The zero-order chi connectivity index (χ0) is 13.7. The Balaban J connectivity index is 1.94. The van der Waals surface area contributed by atoms with Crippen LogP contribution in [0.15, 0.2) is 6.07 Å². The molecule has 0 bridgehead atoms. The summed E-state index contributed by atoms with van der Waals surface area (Å²) in [6.45, 7) is 7.87. The molecular weight excluding hydrogens is 238 g/mol. The largest absolute Gasteiger partial charge is 0.478 e. The molecule has 0 saturated heterocycles. The Kier molecular flexibility index (Phi) is 5.00. The van der Waals surface area contributed by atoms with Crippen LogP contribution in [0.25, 0.3) is 0 Å². The Labute approximate surface area is 116 Å². The molecule has 19 heavy (non-hydrogen) atoms. The number of nitrogens with zero attached hydrogens (tertiary/aromatic N) is 2. The van der Waals surface area contributed by atoms with Crippen molar-refractivity contribution in [2.45, 2.75) is 46.5 Å². The molecule has 1 N–H and O–H groups in total. The van der Waals surface area contributed by atoms with Gasteiger partial charge in [0.1, 0.15) is 11.6 Å². The van der Waals surface area contributed by atoms with Gasteiger partial charge in [-0.05, 0) is 32.1 Å². The summed E-state index contributed by atoms with van der Waals surface area (Å²) in [7, 11) is 0. The van der Waals surface area contributed by atoms with Crippen LogP contribution in [0.4, 0.5) is 5.82 Å². The van der Waals surface area contributed by atoms with Crippen molar-refractivity contribution in [1.82, 2.24) is 9.97 Å². The average molecular weight is 263 g/mol. The number of anilines is 1. The number of ether oxygens (including phenoxy) is 1. The van der Waals surface area contributed by atoms with E-state index < -0.39 is 0 Å². The van der Waals surface area contributed by atoms with Crippen LogP contribution in [0.2, 0.25) is 0 Å². The maximum absolute atomic E-state index is 5.45. The first-order chi connectivity index (χ1) is 9.19. The average Bonchev–Trinajstić information content (AvgIpc) is 2.37. The van der Waals surface area contributed by atoms with Crippen molar-refractivity contribution in [3.63, 3.8) is 0 Å². The topological polar surface area (TPSA) is 47.0 Å². The van der Waals surface area contributed by atoms with Crippen molar-refractivity contribution in [3.8, 4) is 5.88 Å². The van der Waals surface area contributed by atoms with Crippen LogP contribution in [0, 0.1) is 18.8 Å². The molecule has 2 atom stereocenters.